The lowest BCUT2D eigenvalue weighted by Gasteiger charge is -2.23. The highest BCUT2D eigenvalue weighted by molar-refractivity contribution is 6.30. The summed E-state index contributed by atoms with van der Waals surface area (Å²) >= 11 is 5.86. The van der Waals surface area contributed by atoms with Crippen LogP contribution in [0.4, 0.5) is 4.79 Å². The fraction of sp³-hybridized carbons (Fsp3) is 0.529. The smallest absolute Gasteiger partial charge is 0.410 e. The van der Waals surface area contributed by atoms with E-state index < -0.39 is 0 Å². The highest BCUT2D eigenvalue weighted by Gasteiger charge is 2.26. The predicted molar refractivity (Wildman–Crippen MR) is 89.3 cm³/mol. The van der Waals surface area contributed by atoms with Crippen molar-refractivity contribution in [2.45, 2.75) is 18.9 Å². The van der Waals surface area contributed by atoms with E-state index >= 15 is 0 Å². The third-order valence-electron chi connectivity index (χ3n) is 4.29. The van der Waals surface area contributed by atoms with Crippen LogP contribution >= 0.6 is 11.6 Å². The van der Waals surface area contributed by atoms with Gasteiger partial charge in [0.05, 0.1) is 13.2 Å². The van der Waals surface area contributed by atoms with Crippen molar-refractivity contribution in [1.29, 1.82) is 0 Å². The van der Waals surface area contributed by atoms with Gasteiger partial charge in [0.25, 0.3) is 5.91 Å². The molecule has 24 heavy (non-hydrogen) atoms. The van der Waals surface area contributed by atoms with Crippen LogP contribution in [0.2, 0.25) is 5.02 Å². The Morgan fingerprint density at radius 2 is 1.79 bits per heavy atom. The summed E-state index contributed by atoms with van der Waals surface area (Å²) in [6.07, 6.45) is 1.02. The van der Waals surface area contributed by atoms with Crippen LogP contribution in [0.15, 0.2) is 24.3 Å². The number of hydrogen-bond donors (Lipinski definition) is 0. The lowest BCUT2D eigenvalue weighted by Crippen LogP contribution is -2.38. The molecule has 0 saturated carbocycles. The van der Waals surface area contributed by atoms with Crippen LogP contribution in [0, 0.1) is 0 Å². The molecule has 2 aliphatic heterocycles. The molecule has 0 aromatic heterocycles. The standard InChI is InChI=1S/C17H21ClN2O4/c18-14-4-2-13(3-5-14)16(21)19-7-1-8-20(10-9-19)17(22)24-15-6-11-23-12-15/h2-5,15H,1,6-12H2. The van der Waals surface area contributed by atoms with E-state index in [1.165, 1.54) is 0 Å². The van der Waals surface area contributed by atoms with Gasteiger partial charge in [-0.15, -0.1) is 0 Å². The van der Waals surface area contributed by atoms with E-state index in [0.29, 0.717) is 50.0 Å². The molecule has 0 N–H and O–H groups in total. The predicted octanol–water partition coefficient (Wildman–Crippen LogP) is 2.41. The minimum Gasteiger partial charge on any atom is -0.444 e. The number of carbonyl (C=O) groups is 2. The average molecular weight is 353 g/mol. The van der Waals surface area contributed by atoms with Crippen molar-refractivity contribution in [3.8, 4) is 0 Å². The minimum absolute atomic E-state index is 0.0360. The molecule has 1 atom stereocenters. The van der Waals surface area contributed by atoms with Crippen LogP contribution in [-0.4, -0.2) is 67.3 Å². The topological polar surface area (TPSA) is 59.1 Å². The average Bonchev–Trinajstić information content (AvgIpc) is 2.96. The second-order valence-electron chi connectivity index (χ2n) is 6.01. The molecule has 2 aliphatic rings. The Morgan fingerprint density at radius 3 is 2.50 bits per heavy atom. The molecular formula is C17H21ClN2O4. The molecule has 2 fully saturated rings. The maximum absolute atomic E-state index is 12.6. The summed E-state index contributed by atoms with van der Waals surface area (Å²) in [6.45, 7) is 3.31. The van der Waals surface area contributed by atoms with Crippen LogP contribution in [0.25, 0.3) is 0 Å². The van der Waals surface area contributed by atoms with Crippen LogP contribution in [0.5, 0.6) is 0 Å². The van der Waals surface area contributed by atoms with Gasteiger partial charge in [0.1, 0.15) is 6.10 Å². The van der Waals surface area contributed by atoms with E-state index in [0.717, 1.165) is 12.8 Å². The van der Waals surface area contributed by atoms with Gasteiger partial charge in [-0.2, -0.15) is 0 Å². The summed E-state index contributed by atoms with van der Waals surface area (Å²) in [4.78, 5) is 28.2. The van der Waals surface area contributed by atoms with Gasteiger partial charge in [0.15, 0.2) is 0 Å². The zero-order valence-electron chi connectivity index (χ0n) is 13.4. The number of amides is 2. The highest BCUT2D eigenvalue weighted by Crippen LogP contribution is 2.15. The third kappa shape index (κ3) is 4.19. The Hall–Kier alpha value is -1.79. The fourth-order valence-corrected chi connectivity index (χ4v) is 3.03. The lowest BCUT2D eigenvalue weighted by molar-refractivity contribution is 0.0546. The van der Waals surface area contributed by atoms with Gasteiger partial charge in [0, 0.05) is 43.2 Å². The van der Waals surface area contributed by atoms with Crippen molar-refractivity contribution < 1.29 is 19.1 Å². The molecule has 1 aromatic rings. The summed E-state index contributed by atoms with van der Waals surface area (Å²) in [5, 5.41) is 0.604. The molecule has 0 aliphatic carbocycles. The zero-order valence-corrected chi connectivity index (χ0v) is 14.2. The molecule has 7 heteroatoms. The molecule has 2 amide bonds. The summed E-state index contributed by atoms with van der Waals surface area (Å²) in [5.74, 6) is -0.0360. The normalized spacial score (nSPS) is 21.5. The molecule has 0 bridgehead atoms. The van der Waals surface area contributed by atoms with E-state index in [-0.39, 0.29) is 18.1 Å². The van der Waals surface area contributed by atoms with Crippen LogP contribution in [-0.2, 0) is 9.47 Å². The van der Waals surface area contributed by atoms with Crippen LogP contribution < -0.4 is 0 Å². The molecule has 2 saturated heterocycles. The molecule has 0 spiro atoms. The Bertz CT molecular complexity index is 587. The highest BCUT2D eigenvalue weighted by atomic mass is 35.5. The van der Waals surface area contributed by atoms with E-state index in [4.69, 9.17) is 21.1 Å². The number of benzene rings is 1. The van der Waals surface area contributed by atoms with Gasteiger partial charge in [-0.1, -0.05) is 11.6 Å². The monoisotopic (exact) mass is 352 g/mol. The van der Waals surface area contributed by atoms with Gasteiger partial charge in [0.2, 0.25) is 0 Å². The molecule has 1 unspecified atom stereocenters. The zero-order chi connectivity index (χ0) is 16.9. The van der Waals surface area contributed by atoms with Gasteiger partial charge >= 0.3 is 6.09 Å². The Morgan fingerprint density at radius 1 is 1.08 bits per heavy atom. The van der Waals surface area contributed by atoms with E-state index in [1.807, 2.05) is 0 Å². The van der Waals surface area contributed by atoms with E-state index in [1.54, 1.807) is 34.1 Å². The van der Waals surface area contributed by atoms with Gasteiger partial charge in [-0.25, -0.2) is 4.79 Å². The summed E-state index contributed by atoms with van der Waals surface area (Å²) in [7, 11) is 0. The number of carbonyl (C=O) groups excluding carboxylic acids is 2. The minimum atomic E-state index is -0.314. The third-order valence-corrected chi connectivity index (χ3v) is 4.54. The number of nitrogens with zero attached hydrogens (tertiary/aromatic N) is 2. The SMILES string of the molecule is O=C(OC1CCOC1)N1CCCN(C(=O)c2ccc(Cl)cc2)CC1. The van der Waals surface area contributed by atoms with Crippen LogP contribution in [0.1, 0.15) is 23.2 Å². The summed E-state index contributed by atoms with van der Waals surface area (Å²) in [5.41, 5.74) is 0.610. The fourth-order valence-electron chi connectivity index (χ4n) is 2.90. The van der Waals surface area contributed by atoms with Crippen molar-refractivity contribution in [2.24, 2.45) is 0 Å². The maximum atomic E-state index is 12.6. The molecule has 130 valence electrons. The Kier molecular flexibility index (Phi) is 5.58. The molecule has 6 nitrogen and oxygen atoms in total. The van der Waals surface area contributed by atoms with Gasteiger partial charge in [-0.3, -0.25) is 4.79 Å². The van der Waals surface area contributed by atoms with Crippen molar-refractivity contribution in [1.82, 2.24) is 9.80 Å². The lowest BCUT2D eigenvalue weighted by atomic mass is 10.2. The van der Waals surface area contributed by atoms with Crippen LogP contribution in [0.3, 0.4) is 0 Å². The number of ether oxygens (including phenoxy) is 2. The molecule has 2 heterocycles. The second kappa shape index (κ2) is 7.85. The molecule has 0 radical (unpaired) electrons. The quantitative estimate of drug-likeness (QED) is 0.820. The Balaban J connectivity index is 1.55. The first-order valence-corrected chi connectivity index (χ1v) is 8.59. The molecular weight excluding hydrogens is 332 g/mol. The van der Waals surface area contributed by atoms with Crippen molar-refractivity contribution in [3.05, 3.63) is 34.9 Å². The second-order valence-corrected chi connectivity index (χ2v) is 6.45. The first-order chi connectivity index (χ1) is 11.6. The number of halogens is 1. The summed E-state index contributed by atoms with van der Waals surface area (Å²) in [6, 6.07) is 6.86. The first-order valence-electron chi connectivity index (χ1n) is 8.21. The molecule has 1 aromatic carbocycles. The largest absolute Gasteiger partial charge is 0.444 e. The van der Waals surface area contributed by atoms with Gasteiger partial charge < -0.3 is 19.3 Å². The first kappa shape index (κ1) is 17.0. The number of rotatable bonds is 2. The Labute approximate surface area is 146 Å². The number of hydrogen-bond acceptors (Lipinski definition) is 4. The molecule has 3 rings (SSSR count). The van der Waals surface area contributed by atoms with Gasteiger partial charge in [-0.05, 0) is 30.7 Å². The van der Waals surface area contributed by atoms with E-state index in [9.17, 15) is 9.59 Å². The van der Waals surface area contributed by atoms with Crippen molar-refractivity contribution in [3.63, 3.8) is 0 Å². The van der Waals surface area contributed by atoms with Crippen molar-refractivity contribution in [2.75, 3.05) is 39.4 Å². The van der Waals surface area contributed by atoms with Crippen molar-refractivity contribution >= 4 is 23.6 Å². The van der Waals surface area contributed by atoms with E-state index in [2.05, 4.69) is 0 Å². The summed E-state index contributed by atoms with van der Waals surface area (Å²) < 4.78 is 10.7. The maximum Gasteiger partial charge on any atom is 0.410 e.